The molecule has 20 heavy (non-hydrogen) atoms. The van der Waals surface area contributed by atoms with Crippen molar-refractivity contribution in [1.29, 1.82) is 0 Å². The lowest BCUT2D eigenvalue weighted by molar-refractivity contribution is 0.478. The number of aromatic amines is 1. The Balaban J connectivity index is 1.77. The van der Waals surface area contributed by atoms with Crippen LogP contribution in [0.4, 0.5) is 5.82 Å². The number of H-pyrrole nitrogens is 1. The van der Waals surface area contributed by atoms with E-state index in [1.54, 1.807) is 6.07 Å². The van der Waals surface area contributed by atoms with Crippen LogP contribution in [0.1, 0.15) is 12.8 Å². The summed E-state index contributed by atoms with van der Waals surface area (Å²) in [6.45, 7) is 2.10. The van der Waals surface area contributed by atoms with Gasteiger partial charge in [-0.05, 0) is 32.0 Å². The average molecular weight is 311 g/mol. The average Bonchev–Trinajstić information content (AvgIpc) is 2.91. The van der Waals surface area contributed by atoms with E-state index >= 15 is 0 Å². The lowest BCUT2D eigenvalue weighted by atomic mass is 10.1. The van der Waals surface area contributed by atoms with Crippen molar-refractivity contribution in [2.75, 3.05) is 18.4 Å². The number of hydrogen-bond acceptors (Lipinski definition) is 3. The lowest BCUT2D eigenvalue weighted by Gasteiger charge is -2.23. The van der Waals surface area contributed by atoms with E-state index in [4.69, 9.17) is 23.2 Å². The van der Waals surface area contributed by atoms with E-state index in [0.717, 1.165) is 43.0 Å². The maximum Gasteiger partial charge on any atom is 0.148 e. The predicted octanol–water partition coefficient (Wildman–Crippen LogP) is 3.55. The zero-order chi connectivity index (χ0) is 13.9. The van der Waals surface area contributed by atoms with E-state index in [1.807, 2.05) is 18.2 Å². The molecule has 0 unspecified atom stereocenters. The van der Waals surface area contributed by atoms with Crippen molar-refractivity contribution >= 4 is 29.0 Å². The maximum atomic E-state index is 6.22. The van der Waals surface area contributed by atoms with Gasteiger partial charge in [-0.25, -0.2) is 0 Å². The molecule has 1 fully saturated rings. The summed E-state index contributed by atoms with van der Waals surface area (Å²) in [5.74, 6) is 0.850. The van der Waals surface area contributed by atoms with E-state index < -0.39 is 0 Å². The minimum absolute atomic E-state index is 0.474. The van der Waals surface area contributed by atoms with Crippen LogP contribution in [0.15, 0.2) is 24.3 Å². The first-order valence-electron chi connectivity index (χ1n) is 6.71. The van der Waals surface area contributed by atoms with Gasteiger partial charge >= 0.3 is 0 Å². The van der Waals surface area contributed by atoms with Crippen molar-refractivity contribution < 1.29 is 0 Å². The molecular weight excluding hydrogens is 295 g/mol. The first-order chi connectivity index (χ1) is 9.74. The number of rotatable bonds is 3. The van der Waals surface area contributed by atoms with Gasteiger partial charge in [-0.2, -0.15) is 5.10 Å². The van der Waals surface area contributed by atoms with Crippen molar-refractivity contribution in [2.24, 2.45) is 0 Å². The minimum atomic E-state index is 0.474. The van der Waals surface area contributed by atoms with E-state index in [9.17, 15) is 0 Å². The smallest absolute Gasteiger partial charge is 0.148 e. The number of anilines is 1. The van der Waals surface area contributed by atoms with Crippen molar-refractivity contribution in [3.8, 4) is 11.3 Å². The Morgan fingerprint density at radius 1 is 1.20 bits per heavy atom. The number of aromatic nitrogens is 2. The Kier molecular flexibility index (Phi) is 4.15. The minimum Gasteiger partial charge on any atom is -0.366 e. The molecule has 1 saturated heterocycles. The van der Waals surface area contributed by atoms with Crippen LogP contribution in [0.3, 0.4) is 0 Å². The summed E-state index contributed by atoms with van der Waals surface area (Å²) >= 11 is 12.3. The van der Waals surface area contributed by atoms with Crippen LogP contribution >= 0.6 is 23.2 Å². The van der Waals surface area contributed by atoms with Crippen molar-refractivity contribution in [3.63, 3.8) is 0 Å². The number of nitrogens with zero attached hydrogens (tertiary/aromatic N) is 1. The first kappa shape index (κ1) is 13.7. The van der Waals surface area contributed by atoms with Gasteiger partial charge in [0.25, 0.3) is 0 Å². The molecule has 0 atom stereocenters. The fraction of sp³-hybridized carbons (Fsp3) is 0.357. The van der Waals surface area contributed by atoms with E-state index in [0.29, 0.717) is 16.1 Å². The second-order valence-electron chi connectivity index (χ2n) is 4.94. The predicted molar refractivity (Wildman–Crippen MR) is 83.6 cm³/mol. The first-order valence-corrected chi connectivity index (χ1v) is 7.46. The second kappa shape index (κ2) is 6.04. The van der Waals surface area contributed by atoms with Crippen molar-refractivity contribution in [1.82, 2.24) is 15.5 Å². The molecule has 0 saturated carbocycles. The zero-order valence-electron chi connectivity index (χ0n) is 10.9. The number of nitrogens with one attached hydrogen (secondary N) is 3. The Labute approximate surface area is 127 Å². The summed E-state index contributed by atoms with van der Waals surface area (Å²) in [4.78, 5) is 0. The topological polar surface area (TPSA) is 52.7 Å². The number of benzene rings is 1. The van der Waals surface area contributed by atoms with Gasteiger partial charge in [0.2, 0.25) is 0 Å². The molecule has 0 radical (unpaired) electrons. The molecular formula is C14H16Cl2N4. The highest BCUT2D eigenvalue weighted by atomic mass is 35.5. The SMILES string of the molecule is Clc1cccc(-c2cc(NC3CCNCC3)n[nH]2)c1Cl. The van der Waals surface area contributed by atoms with Gasteiger partial charge in [-0.15, -0.1) is 0 Å². The molecule has 0 aliphatic carbocycles. The second-order valence-corrected chi connectivity index (χ2v) is 5.72. The molecule has 1 aliphatic rings. The number of hydrogen-bond donors (Lipinski definition) is 3. The highest BCUT2D eigenvalue weighted by Gasteiger charge is 2.15. The highest BCUT2D eigenvalue weighted by molar-refractivity contribution is 6.43. The third-order valence-corrected chi connectivity index (χ3v) is 4.33. The number of piperidine rings is 1. The molecule has 0 bridgehead atoms. The Morgan fingerprint density at radius 3 is 2.80 bits per heavy atom. The summed E-state index contributed by atoms with van der Waals surface area (Å²) in [7, 11) is 0. The van der Waals surface area contributed by atoms with Crippen LogP contribution in [0, 0.1) is 0 Å². The molecule has 2 aromatic rings. The summed E-state index contributed by atoms with van der Waals surface area (Å²) in [6.07, 6.45) is 2.22. The zero-order valence-corrected chi connectivity index (χ0v) is 12.4. The maximum absolute atomic E-state index is 6.22. The lowest BCUT2D eigenvalue weighted by Crippen LogP contribution is -2.35. The largest absolute Gasteiger partial charge is 0.366 e. The summed E-state index contributed by atoms with van der Waals surface area (Å²) in [6, 6.07) is 8.03. The highest BCUT2D eigenvalue weighted by Crippen LogP contribution is 2.33. The van der Waals surface area contributed by atoms with Crippen LogP contribution in [-0.4, -0.2) is 29.3 Å². The summed E-state index contributed by atoms with van der Waals surface area (Å²) in [5.41, 5.74) is 1.74. The van der Waals surface area contributed by atoms with Crippen LogP contribution < -0.4 is 10.6 Å². The molecule has 1 aromatic heterocycles. The van der Waals surface area contributed by atoms with E-state index in [1.165, 1.54) is 0 Å². The van der Waals surface area contributed by atoms with Gasteiger partial charge in [0.15, 0.2) is 0 Å². The molecule has 2 heterocycles. The molecule has 0 amide bonds. The molecule has 3 N–H and O–H groups in total. The van der Waals surface area contributed by atoms with E-state index in [2.05, 4.69) is 20.8 Å². The summed E-state index contributed by atoms with van der Waals surface area (Å²) < 4.78 is 0. The molecule has 1 aliphatic heterocycles. The van der Waals surface area contributed by atoms with Crippen LogP contribution in [0.5, 0.6) is 0 Å². The van der Waals surface area contributed by atoms with Gasteiger partial charge in [0.05, 0.1) is 15.7 Å². The quantitative estimate of drug-likeness (QED) is 0.812. The Hall–Kier alpha value is -1.23. The fourth-order valence-electron chi connectivity index (χ4n) is 2.42. The van der Waals surface area contributed by atoms with Crippen LogP contribution in [0.25, 0.3) is 11.3 Å². The molecule has 0 spiro atoms. The van der Waals surface area contributed by atoms with Gasteiger partial charge in [-0.1, -0.05) is 35.3 Å². The van der Waals surface area contributed by atoms with Gasteiger partial charge in [-0.3, -0.25) is 5.10 Å². The van der Waals surface area contributed by atoms with Gasteiger partial charge in [0.1, 0.15) is 5.82 Å². The van der Waals surface area contributed by atoms with Crippen molar-refractivity contribution in [2.45, 2.75) is 18.9 Å². The number of halogens is 2. The molecule has 6 heteroatoms. The fourth-order valence-corrected chi connectivity index (χ4v) is 2.82. The van der Waals surface area contributed by atoms with Crippen LogP contribution in [0.2, 0.25) is 10.0 Å². The van der Waals surface area contributed by atoms with Crippen molar-refractivity contribution in [3.05, 3.63) is 34.3 Å². The Morgan fingerprint density at radius 2 is 2.00 bits per heavy atom. The van der Waals surface area contributed by atoms with Gasteiger partial charge < -0.3 is 10.6 Å². The van der Waals surface area contributed by atoms with E-state index in [-0.39, 0.29) is 0 Å². The normalized spacial score (nSPS) is 16.3. The van der Waals surface area contributed by atoms with Gasteiger partial charge in [0, 0.05) is 17.7 Å². The summed E-state index contributed by atoms with van der Waals surface area (Å²) in [5, 5.41) is 15.2. The third-order valence-electron chi connectivity index (χ3n) is 3.51. The molecule has 1 aromatic carbocycles. The Bertz CT molecular complexity index is 591. The monoisotopic (exact) mass is 310 g/mol. The molecule has 106 valence electrons. The standard InChI is InChI=1S/C14H16Cl2N4/c15-11-3-1-2-10(14(11)16)12-8-13(20-19-12)18-9-4-6-17-7-5-9/h1-3,8-9,17H,4-7H2,(H2,18,19,20). The molecule has 3 rings (SSSR count). The third kappa shape index (κ3) is 2.92. The van der Waals surface area contributed by atoms with Crippen LogP contribution in [-0.2, 0) is 0 Å². The molecule has 4 nitrogen and oxygen atoms in total.